The standard InChI is InChI=1S/C12H25N3O2/c13-9-5-2-6-10-14-12(16)15-17-11-7-3-1-4-8-11/h11H,1-10,13H2,(H2,14,15,16). The van der Waals surface area contributed by atoms with Crippen LogP contribution in [0.4, 0.5) is 4.79 Å². The molecule has 0 radical (unpaired) electrons. The fraction of sp³-hybridized carbons (Fsp3) is 0.917. The first-order chi connectivity index (χ1) is 8.33. The Balaban J connectivity index is 1.93. The van der Waals surface area contributed by atoms with Crippen molar-refractivity contribution in [3.8, 4) is 0 Å². The minimum Gasteiger partial charge on any atom is -0.336 e. The van der Waals surface area contributed by atoms with Crippen molar-refractivity contribution in [2.24, 2.45) is 5.73 Å². The van der Waals surface area contributed by atoms with E-state index < -0.39 is 0 Å². The Morgan fingerprint density at radius 2 is 1.94 bits per heavy atom. The van der Waals surface area contributed by atoms with Gasteiger partial charge in [-0.15, -0.1) is 0 Å². The molecule has 1 saturated carbocycles. The monoisotopic (exact) mass is 243 g/mol. The van der Waals surface area contributed by atoms with E-state index in [1.165, 1.54) is 19.3 Å². The molecule has 0 atom stereocenters. The molecule has 2 amide bonds. The second-order valence-electron chi connectivity index (χ2n) is 4.59. The highest BCUT2D eigenvalue weighted by molar-refractivity contribution is 5.72. The van der Waals surface area contributed by atoms with Gasteiger partial charge in [0.05, 0.1) is 6.10 Å². The lowest BCUT2D eigenvalue weighted by atomic mass is 9.98. The number of urea groups is 1. The van der Waals surface area contributed by atoms with E-state index in [4.69, 9.17) is 10.6 Å². The van der Waals surface area contributed by atoms with Crippen LogP contribution in [-0.4, -0.2) is 25.2 Å². The van der Waals surface area contributed by atoms with Crippen LogP contribution in [0.3, 0.4) is 0 Å². The molecule has 0 aromatic heterocycles. The molecular formula is C12H25N3O2. The van der Waals surface area contributed by atoms with E-state index in [-0.39, 0.29) is 12.1 Å². The van der Waals surface area contributed by atoms with Crippen molar-refractivity contribution in [3.05, 3.63) is 0 Å². The molecule has 1 fully saturated rings. The molecule has 0 bridgehead atoms. The van der Waals surface area contributed by atoms with Crippen molar-refractivity contribution in [2.45, 2.75) is 57.5 Å². The lowest BCUT2D eigenvalue weighted by Gasteiger charge is -2.21. The van der Waals surface area contributed by atoms with Gasteiger partial charge in [0.15, 0.2) is 0 Å². The summed E-state index contributed by atoms with van der Waals surface area (Å²) < 4.78 is 0. The van der Waals surface area contributed by atoms with E-state index >= 15 is 0 Å². The van der Waals surface area contributed by atoms with Gasteiger partial charge in [0.1, 0.15) is 0 Å². The Bertz CT molecular complexity index is 206. The molecule has 0 unspecified atom stereocenters. The van der Waals surface area contributed by atoms with Crippen molar-refractivity contribution in [2.75, 3.05) is 13.1 Å². The number of unbranched alkanes of at least 4 members (excludes halogenated alkanes) is 2. The summed E-state index contributed by atoms with van der Waals surface area (Å²) in [4.78, 5) is 16.7. The van der Waals surface area contributed by atoms with E-state index in [0.29, 0.717) is 6.54 Å². The Hall–Kier alpha value is -0.810. The third-order valence-electron chi connectivity index (χ3n) is 3.04. The molecule has 1 rings (SSSR count). The average Bonchev–Trinajstić information content (AvgIpc) is 2.37. The summed E-state index contributed by atoms with van der Waals surface area (Å²) in [5.41, 5.74) is 7.85. The number of hydrogen-bond donors (Lipinski definition) is 3. The third kappa shape index (κ3) is 7.18. The van der Waals surface area contributed by atoms with Gasteiger partial charge in [0.25, 0.3) is 0 Å². The fourth-order valence-electron chi connectivity index (χ4n) is 2.00. The molecule has 0 aliphatic heterocycles. The smallest absolute Gasteiger partial charge is 0.336 e. The quantitative estimate of drug-likeness (QED) is 0.470. The average molecular weight is 243 g/mol. The van der Waals surface area contributed by atoms with Gasteiger partial charge in [0, 0.05) is 6.54 Å². The van der Waals surface area contributed by atoms with Gasteiger partial charge < -0.3 is 11.1 Å². The van der Waals surface area contributed by atoms with Crippen LogP contribution in [0.5, 0.6) is 0 Å². The van der Waals surface area contributed by atoms with Crippen LogP contribution in [-0.2, 0) is 4.84 Å². The van der Waals surface area contributed by atoms with Crippen molar-refractivity contribution in [1.29, 1.82) is 0 Å². The Morgan fingerprint density at radius 1 is 1.18 bits per heavy atom. The molecule has 100 valence electrons. The maximum atomic E-state index is 11.3. The SMILES string of the molecule is NCCCCCNC(=O)NOC1CCCCC1. The minimum absolute atomic E-state index is 0.201. The van der Waals surface area contributed by atoms with Gasteiger partial charge in [-0.05, 0) is 32.2 Å². The van der Waals surface area contributed by atoms with Crippen LogP contribution in [0.15, 0.2) is 0 Å². The molecule has 0 heterocycles. The molecule has 5 nitrogen and oxygen atoms in total. The lowest BCUT2D eigenvalue weighted by Crippen LogP contribution is -2.38. The van der Waals surface area contributed by atoms with Crippen LogP contribution >= 0.6 is 0 Å². The summed E-state index contributed by atoms with van der Waals surface area (Å²) in [5.74, 6) is 0. The second kappa shape index (κ2) is 9.24. The van der Waals surface area contributed by atoms with Crippen molar-refractivity contribution < 1.29 is 9.63 Å². The molecule has 1 aliphatic rings. The predicted molar refractivity (Wildman–Crippen MR) is 67.4 cm³/mol. The van der Waals surface area contributed by atoms with E-state index in [0.717, 1.165) is 38.6 Å². The molecule has 0 aromatic rings. The molecule has 4 N–H and O–H groups in total. The van der Waals surface area contributed by atoms with Gasteiger partial charge in [0.2, 0.25) is 0 Å². The van der Waals surface area contributed by atoms with E-state index in [9.17, 15) is 4.79 Å². The van der Waals surface area contributed by atoms with Crippen molar-refractivity contribution >= 4 is 6.03 Å². The number of hydroxylamine groups is 1. The topological polar surface area (TPSA) is 76.4 Å². The number of carbonyl (C=O) groups is 1. The molecule has 17 heavy (non-hydrogen) atoms. The first-order valence-electron chi connectivity index (χ1n) is 6.72. The second-order valence-corrected chi connectivity index (χ2v) is 4.59. The summed E-state index contributed by atoms with van der Waals surface area (Å²) >= 11 is 0. The highest BCUT2D eigenvalue weighted by Crippen LogP contribution is 2.19. The van der Waals surface area contributed by atoms with Crippen LogP contribution < -0.4 is 16.5 Å². The number of rotatable bonds is 7. The molecule has 0 aromatic carbocycles. The summed E-state index contributed by atoms with van der Waals surface area (Å²) in [7, 11) is 0. The highest BCUT2D eigenvalue weighted by Gasteiger charge is 2.14. The van der Waals surface area contributed by atoms with Crippen LogP contribution in [0.25, 0.3) is 0 Å². The van der Waals surface area contributed by atoms with Crippen LogP contribution in [0, 0.1) is 0 Å². The molecule has 1 aliphatic carbocycles. The summed E-state index contributed by atoms with van der Waals surface area (Å²) in [5, 5.41) is 2.77. The number of nitrogens with one attached hydrogen (secondary N) is 2. The van der Waals surface area contributed by atoms with Crippen molar-refractivity contribution in [1.82, 2.24) is 10.8 Å². The van der Waals surface area contributed by atoms with Gasteiger partial charge in [-0.3, -0.25) is 4.84 Å². The van der Waals surface area contributed by atoms with E-state index in [1.807, 2.05) is 0 Å². The van der Waals surface area contributed by atoms with Crippen LogP contribution in [0.2, 0.25) is 0 Å². The summed E-state index contributed by atoms with van der Waals surface area (Å²) in [6.45, 7) is 1.40. The molecular weight excluding hydrogens is 218 g/mol. The Labute approximate surface area is 103 Å². The maximum Gasteiger partial charge on any atom is 0.338 e. The third-order valence-corrected chi connectivity index (χ3v) is 3.04. The highest BCUT2D eigenvalue weighted by atomic mass is 16.7. The number of carbonyl (C=O) groups excluding carboxylic acids is 1. The molecule has 0 spiro atoms. The number of nitrogens with two attached hydrogens (primary N) is 1. The zero-order chi connectivity index (χ0) is 12.3. The van der Waals surface area contributed by atoms with Gasteiger partial charge in [-0.25, -0.2) is 10.3 Å². The van der Waals surface area contributed by atoms with Crippen molar-refractivity contribution in [3.63, 3.8) is 0 Å². The maximum absolute atomic E-state index is 11.3. The minimum atomic E-state index is -0.233. The number of hydrogen-bond acceptors (Lipinski definition) is 3. The molecule has 5 heteroatoms. The number of amides is 2. The summed E-state index contributed by atoms with van der Waals surface area (Å²) in [6, 6.07) is -0.233. The fourth-order valence-corrected chi connectivity index (χ4v) is 2.00. The Kier molecular flexibility index (Phi) is 7.75. The predicted octanol–water partition coefficient (Wildman–Crippen LogP) is 1.68. The van der Waals surface area contributed by atoms with E-state index in [1.54, 1.807) is 0 Å². The zero-order valence-electron chi connectivity index (χ0n) is 10.5. The first kappa shape index (κ1) is 14.3. The van der Waals surface area contributed by atoms with Crippen LogP contribution in [0.1, 0.15) is 51.4 Å². The first-order valence-corrected chi connectivity index (χ1v) is 6.72. The Morgan fingerprint density at radius 3 is 2.65 bits per heavy atom. The molecule has 0 saturated heterocycles. The largest absolute Gasteiger partial charge is 0.338 e. The normalized spacial score (nSPS) is 16.8. The van der Waals surface area contributed by atoms with E-state index in [2.05, 4.69) is 10.8 Å². The lowest BCUT2D eigenvalue weighted by molar-refractivity contribution is -0.0224. The van der Waals surface area contributed by atoms with Gasteiger partial charge >= 0.3 is 6.03 Å². The van der Waals surface area contributed by atoms with Gasteiger partial charge in [-0.2, -0.15) is 0 Å². The van der Waals surface area contributed by atoms with Gasteiger partial charge in [-0.1, -0.05) is 25.7 Å². The zero-order valence-corrected chi connectivity index (χ0v) is 10.5. The summed E-state index contributed by atoms with van der Waals surface area (Å²) in [6.07, 6.45) is 9.03.